The lowest BCUT2D eigenvalue weighted by Gasteiger charge is -2.12. The van der Waals surface area contributed by atoms with Gasteiger partial charge in [0.2, 0.25) is 0 Å². The first-order valence-electron chi connectivity index (χ1n) is 5.57. The first-order valence-corrected chi connectivity index (χ1v) is 5.57. The lowest BCUT2D eigenvalue weighted by molar-refractivity contribution is 0.0600. The molecule has 94 valence electrons. The molecule has 17 heavy (non-hydrogen) atoms. The van der Waals surface area contributed by atoms with Crippen molar-refractivity contribution < 1.29 is 14.3 Å². The Bertz CT molecular complexity index is 348. The highest BCUT2D eigenvalue weighted by molar-refractivity contribution is 5.89. The molecule has 1 atom stereocenters. The predicted octanol–water partition coefficient (Wildman–Crippen LogP) is 1.60. The highest BCUT2D eigenvalue weighted by atomic mass is 16.5. The summed E-state index contributed by atoms with van der Waals surface area (Å²) in [5.74, 6) is -0.308. The van der Waals surface area contributed by atoms with Crippen LogP contribution in [0.4, 0.5) is 0 Å². The second-order valence-electron chi connectivity index (χ2n) is 3.93. The molecule has 1 rings (SSSR count). The third-order valence-electron chi connectivity index (χ3n) is 2.45. The fourth-order valence-electron chi connectivity index (χ4n) is 1.48. The first-order chi connectivity index (χ1) is 8.17. The number of hydrogen-bond acceptors (Lipinski definition) is 4. The third kappa shape index (κ3) is 4.54. The van der Waals surface area contributed by atoms with Crippen LogP contribution in [0.1, 0.15) is 22.8 Å². The van der Waals surface area contributed by atoms with Gasteiger partial charge in [-0.2, -0.15) is 0 Å². The fraction of sp³-hybridized carbons (Fsp3) is 0.462. The van der Waals surface area contributed by atoms with E-state index in [9.17, 15) is 4.79 Å². The topological polar surface area (TPSA) is 47.6 Å². The van der Waals surface area contributed by atoms with E-state index in [4.69, 9.17) is 4.74 Å². The molecule has 1 aromatic carbocycles. The van der Waals surface area contributed by atoms with Crippen LogP contribution in [0.5, 0.6) is 0 Å². The number of benzene rings is 1. The molecule has 4 heteroatoms. The van der Waals surface area contributed by atoms with Crippen molar-refractivity contribution in [2.45, 2.75) is 19.5 Å². The molecule has 0 heterocycles. The first kappa shape index (κ1) is 13.7. The molecule has 1 N–H and O–H groups in total. The highest BCUT2D eigenvalue weighted by Crippen LogP contribution is 2.05. The lowest BCUT2D eigenvalue weighted by Crippen LogP contribution is -2.29. The van der Waals surface area contributed by atoms with Crippen molar-refractivity contribution in [3.8, 4) is 0 Å². The van der Waals surface area contributed by atoms with Crippen molar-refractivity contribution in [2.75, 3.05) is 20.8 Å². The van der Waals surface area contributed by atoms with Crippen LogP contribution in [-0.4, -0.2) is 32.8 Å². The predicted molar refractivity (Wildman–Crippen MR) is 66.0 cm³/mol. The minimum absolute atomic E-state index is 0.306. The number of carbonyl (C=O) groups is 1. The summed E-state index contributed by atoms with van der Waals surface area (Å²) < 4.78 is 9.67. The maximum atomic E-state index is 11.2. The van der Waals surface area contributed by atoms with Crippen molar-refractivity contribution in [3.63, 3.8) is 0 Å². The summed E-state index contributed by atoms with van der Waals surface area (Å²) in [5, 5.41) is 3.32. The van der Waals surface area contributed by atoms with Crippen LogP contribution in [0.2, 0.25) is 0 Å². The van der Waals surface area contributed by atoms with Gasteiger partial charge in [0.15, 0.2) is 0 Å². The zero-order valence-corrected chi connectivity index (χ0v) is 10.5. The minimum atomic E-state index is -0.308. The maximum absolute atomic E-state index is 11.2. The molecule has 0 saturated carbocycles. The molecule has 0 aliphatic heterocycles. The summed E-state index contributed by atoms with van der Waals surface area (Å²) >= 11 is 0. The van der Waals surface area contributed by atoms with E-state index in [-0.39, 0.29) is 5.97 Å². The monoisotopic (exact) mass is 237 g/mol. The van der Waals surface area contributed by atoms with E-state index in [0.29, 0.717) is 18.2 Å². The standard InChI is InChI=1S/C13H19NO3/c1-10(9-16-2)14-8-11-4-6-12(7-5-11)13(15)17-3/h4-7,10,14H,8-9H2,1-3H3. The number of nitrogens with one attached hydrogen (secondary N) is 1. The van der Waals surface area contributed by atoms with Crippen LogP contribution in [0.25, 0.3) is 0 Å². The molecule has 0 aliphatic rings. The van der Waals surface area contributed by atoms with Crippen molar-refractivity contribution in [1.29, 1.82) is 0 Å². The van der Waals surface area contributed by atoms with Gasteiger partial charge < -0.3 is 14.8 Å². The van der Waals surface area contributed by atoms with Crippen LogP contribution in [0.3, 0.4) is 0 Å². The Morgan fingerprint density at radius 2 is 1.94 bits per heavy atom. The summed E-state index contributed by atoms with van der Waals surface area (Å²) in [5.41, 5.74) is 1.70. The Morgan fingerprint density at radius 3 is 2.47 bits per heavy atom. The van der Waals surface area contributed by atoms with Gasteiger partial charge in [-0.1, -0.05) is 12.1 Å². The van der Waals surface area contributed by atoms with Crippen molar-refractivity contribution in [1.82, 2.24) is 5.32 Å². The summed E-state index contributed by atoms with van der Waals surface area (Å²) in [6, 6.07) is 7.67. The average molecular weight is 237 g/mol. The quantitative estimate of drug-likeness (QED) is 0.763. The number of methoxy groups -OCH3 is 2. The summed E-state index contributed by atoms with van der Waals surface area (Å²) in [7, 11) is 3.06. The van der Waals surface area contributed by atoms with E-state index in [2.05, 4.69) is 17.0 Å². The second-order valence-corrected chi connectivity index (χ2v) is 3.93. The highest BCUT2D eigenvalue weighted by Gasteiger charge is 2.05. The molecule has 0 radical (unpaired) electrons. The van der Waals surface area contributed by atoms with Gasteiger partial charge in [-0.25, -0.2) is 4.79 Å². The van der Waals surface area contributed by atoms with Gasteiger partial charge in [0.25, 0.3) is 0 Å². The van der Waals surface area contributed by atoms with E-state index in [1.807, 2.05) is 12.1 Å². The van der Waals surface area contributed by atoms with Gasteiger partial charge in [0, 0.05) is 19.7 Å². The zero-order valence-electron chi connectivity index (χ0n) is 10.5. The number of esters is 1. The largest absolute Gasteiger partial charge is 0.465 e. The van der Waals surface area contributed by atoms with E-state index < -0.39 is 0 Å². The van der Waals surface area contributed by atoms with E-state index in [0.717, 1.165) is 12.1 Å². The average Bonchev–Trinajstić information content (AvgIpc) is 2.36. The van der Waals surface area contributed by atoms with Gasteiger partial charge in [-0.3, -0.25) is 0 Å². The van der Waals surface area contributed by atoms with Gasteiger partial charge in [0.05, 0.1) is 19.3 Å². The van der Waals surface area contributed by atoms with Gasteiger partial charge in [-0.15, -0.1) is 0 Å². The molecule has 0 spiro atoms. The van der Waals surface area contributed by atoms with Crippen LogP contribution >= 0.6 is 0 Å². The number of carbonyl (C=O) groups excluding carboxylic acids is 1. The Balaban J connectivity index is 2.48. The zero-order chi connectivity index (χ0) is 12.7. The summed E-state index contributed by atoms with van der Waals surface area (Å²) in [6.07, 6.45) is 0. The van der Waals surface area contributed by atoms with Crippen LogP contribution in [0, 0.1) is 0 Å². The Kier molecular flexibility index (Phi) is 5.66. The molecular weight excluding hydrogens is 218 g/mol. The van der Waals surface area contributed by atoms with Crippen LogP contribution in [0.15, 0.2) is 24.3 Å². The van der Waals surface area contributed by atoms with E-state index >= 15 is 0 Å². The number of rotatable bonds is 6. The SMILES string of the molecule is COCC(C)NCc1ccc(C(=O)OC)cc1. The van der Waals surface area contributed by atoms with E-state index in [1.165, 1.54) is 7.11 Å². The molecule has 0 saturated heterocycles. The van der Waals surface area contributed by atoms with Crippen LogP contribution in [-0.2, 0) is 16.0 Å². The molecule has 0 fully saturated rings. The molecule has 0 amide bonds. The molecule has 0 bridgehead atoms. The van der Waals surface area contributed by atoms with Gasteiger partial charge in [0.1, 0.15) is 0 Å². The third-order valence-corrected chi connectivity index (χ3v) is 2.45. The smallest absolute Gasteiger partial charge is 0.337 e. The Morgan fingerprint density at radius 1 is 1.29 bits per heavy atom. The van der Waals surface area contributed by atoms with Crippen molar-refractivity contribution in [2.24, 2.45) is 0 Å². The van der Waals surface area contributed by atoms with Crippen molar-refractivity contribution in [3.05, 3.63) is 35.4 Å². The van der Waals surface area contributed by atoms with E-state index in [1.54, 1.807) is 19.2 Å². The summed E-state index contributed by atoms with van der Waals surface area (Å²) in [6.45, 7) is 3.50. The fourth-order valence-corrected chi connectivity index (χ4v) is 1.48. The summed E-state index contributed by atoms with van der Waals surface area (Å²) in [4.78, 5) is 11.2. The molecule has 1 aromatic rings. The lowest BCUT2D eigenvalue weighted by atomic mass is 10.1. The van der Waals surface area contributed by atoms with Gasteiger partial charge >= 0.3 is 5.97 Å². The molecular formula is C13H19NO3. The number of hydrogen-bond donors (Lipinski definition) is 1. The maximum Gasteiger partial charge on any atom is 0.337 e. The second kappa shape index (κ2) is 7.04. The van der Waals surface area contributed by atoms with Crippen molar-refractivity contribution >= 4 is 5.97 Å². The molecule has 4 nitrogen and oxygen atoms in total. The Labute approximate surface area is 102 Å². The molecule has 0 aromatic heterocycles. The van der Waals surface area contributed by atoms with Gasteiger partial charge in [-0.05, 0) is 24.6 Å². The normalized spacial score (nSPS) is 12.2. The Hall–Kier alpha value is -1.39. The molecule has 0 aliphatic carbocycles. The molecule has 1 unspecified atom stereocenters. The van der Waals surface area contributed by atoms with Crippen LogP contribution < -0.4 is 5.32 Å². The minimum Gasteiger partial charge on any atom is -0.465 e. The number of ether oxygens (including phenoxy) is 2.